The van der Waals surface area contributed by atoms with Crippen molar-refractivity contribution in [2.24, 2.45) is 0 Å². The van der Waals surface area contributed by atoms with Crippen molar-refractivity contribution in [3.63, 3.8) is 0 Å². The zero-order chi connectivity index (χ0) is 20.3. The van der Waals surface area contributed by atoms with Crippen molar-refractivity contribution in [1.82, 2.24) is 5.32 Å². The Kier molecular flexibility index (Phi) is 5.91. The number of carbonyl (C=O) groups is 1. The summed E-state index contributed by atoms with van der Waals surface area (Å²) < 4.78 is 25.7. The van der Waals surface area contributed by atoms with Gasteiger partial charge in [0.15, 0.2) is 0 Å². The van der Waals surface area contributed by atoms with Crippen LogP contribution in [0.15, 0.2) is 66.7 Å². The molecule has 0 bridgehead atoms. The highest BCUT2D eigenvalue weighted by Gasteiger charge is 2.29. The Morgan fingerprint density at radius 3 is 2.43 bits per heavy atom. The van der Waals surface area contributed by atoms with Gasteiger partial charge in [0.25, 0.3) is 0 Å². The average Bonchev–Trinajstić information content (AvgIpc) is 2.65. The van der Waals surface area contributed by atoms with Crippen molar-refractivity contribution in [3.8, 4) is 0 Å². The van der Waals surface area contributed by atoms with Crippen molar-refractivity contribution < 1.29 is 13.2 Å². The zero-order valence-corrected chi connectivity index (χ0v) is 17.2. The van der Waals surface area contributed by atoms with Crippen LogP contribution < -0.4 is 9.62 Å². The van der Waals surface area contributed by atoms with Gasteiger partial charge in [-0.05, 0) is 47.5 Å². The van der Waals surface area contributed by atoms with Gasteiger partial charge in [-0.1, -0.05) is 54.1 Å². The molecule has 1 amide bonds. The summed E-state index contributed by atoms with van der Waals surface area (Å²) in [5.41, 5.74) is 1.29. The average molecular weight is 417 g/mol. The topological polar surface area (TPSA) is 66.5 Å². The molecule has 0 saturated heterocycles. The van der Waals surface area contributed by atoms with Crippen LogP contribution in [-0.4, -0.2) is 26.6 Å². The largest absolute Gasteiger partial charge is 0.350 e. The van der Waals surface area contributed by atoms with Gasteiger partial charge >= 0.3 is 0 Å². The molecule has 0 unspecified atom stereocenters. The number of hydrogen-bond acceptors (Lipinski definition) is 3. The fourth-order valence-corrected chi connectivity index (χ4v) is 4.46. The van der Waals surface area contributed by atoms with E-state index in [1.807, 2.05) is 42.5 Å². The lowest BCUT2D eigenvalue weighted by atomic mass is 10.1. The first-order valence-electron chi connectivity index (χ1n) is 8.76. The number of rotatable bonds is 6. The van der Waals surface area contributed by atoms with E-state index in [-0.39, 0.29) is 0 Å². The number of anilines is 1. The molecule has 0 saturated carbocycles. The first-order chi connectivity index (χ1) is 13.3. The first-order valence-corrected chi connectivity index (χ1v) is 11.0. The quantitative estimate of drug-likeness (QED) is 0.661. The Hall–Kier alpha value is -2.57. The molecule has 3 rings (SSSR count). The summed E-state index contributed by atoms with van der Waals surface area (Å²) in [5.74, 6) is -0.390. The van der Waals surface area contributed by atoms with Gasteiger partial charge in [0.1, 0.15) is 6.04 Å². The first kappa shape index (κ1) is 20.2. The van der Waals surface area contributed by atoms with Crippen LogP contribution in [0.4, 0.5) is 5.69 Å². The second-order valence-corrected chi connectivity index (χ2v) is 8.91. The number of carbonyl (C=O) groups excluding carboxylic acids is 1. The molecule has 0 radical (unpaired) electrons. The molecule has 5 nitrogen and oxygen atoms in total. The van der Waals surface area contributed by atoms with Crippen LogP contribution >= 0.6 is 11.6 Å². The number of benzene rings is 3. The predicted octanol–water partition coefficient (Wildman–Crippen LogP) is 3.96. The van der Waals surface area contributed by atoms with Crippen molar-refractivity contribution >= 4 is 44.0 Å². The minimum atomic E-state index is -3.68. The van der Waals surface area contributed by atoms with Gasteiger partial charge in [0, 0.05) is 11.6 Å². The van der Waals surface area contributed by atoms with Gasteiger partial charge in [0.2, 0.25) is 15.9 Å². The van der Waals surface area contributed by atoms with Gasteiger partial charge in [0.05, 0.1) is 11.9 Å². The van der Waals surface area contributed by atoms with E-state index in [0.717, 1.165) is 26.9 Å². The molecule has 0 heterocycles. The summed E-state index contributed by atoms with van der Waals surface area (Å²) in [4.78, 5) is 12.7. The highest BCUT2D eigenvalue weighted by atomic mass is 35.5. The monoisotopic (exact) mass is 416 g/mol. The minimum Gasteiger partial charge on any atom is -0.350 e. The smallest absolute Gasteiger partial charge is 0.243 e. The standard InChI is InChI=1S/C21H21ClN2O3S/c1-15(24(28(2,26)27)20-9-5-8-19(22)13-20)21(25)23-14-16-10-11-17-6-3-4-7-18(17)12-16/h3-13,15H,14H2,1-2H3,(H,23,25)/t15-/m1/s1. The van der Waals surface area contributed by atoms with E-state index in [0.29, 0.717) is 17.3 Å². The van der Waals surface area contributed by atoms with E-state index < -0.39 is 22.0 Å². The maximum Gasteiger partial charge on any atom is 0.243 e. The van der Waals surface area contributed by atoms with Gasteiger partial charge < -0.3 is 5.32 Å². The lowest BCUT2D eigenvalue weighted by molar-refractivity contribution is -0.122. The highest BCUT2D eigenvalue weighted by molar-refractivity contribution is 7.92. The van der Waals surface area contributed by atoms with E-state index in [1.165, 1.54) is 6.07 Å². The van der Waals surface area contributed by atoms with Crippen molar-refractivity contribution in [3.05, 3.63) is 77.3 Å². The molecule has 3 aromatic rings. The van der Waals surface area contributed by atoms with Gasteiger partial charge in [-0.25, -0.2) is 8.42 Å². The molecule has 0 aromatic heterocycles. The summed E-state index contributed by atoms with van der Waals surface area (Å²) in [5, 5.41) is 5.42. The lowest BCUT2D eigenvalue weighted by Crippen LogP contribution is -2.47. The Morgan fingerprint density at radius 2 is 1.75 bits per heavy atom. The lowest BCUT2D eigenvalue weighted by Gasteiger charge is -2.28. The van der Waals surface area contributed by atoms with Crippen molar-refractivity contribution in [1.29, 1.82) is 0 Å². The summed E-state index contributed by atoms with van der Waals surface area (Å²) >= 11 is 5.99. The molecule has 28 heavy (non-hydrogen) atoms. The van der Waals surface area contributed by atoms with E-state index >= 15 is 0 Å². The number of amides is 1. The molecule has 7 heteroatoms. The van der Waals surface area contributed by atoms with Crippen LogP contribution in [0.5, 0.6) is 0 Å². The van der Waals surface area contributed by atoms with Gasteiger partial charge in [-0.2, -0.15) is 0 Å². The van der Waals surface area contributed by atoms with Gasteiger partial charge in [-0.3, -0.25) is 9.10 Å². The van der Waals surface area contributed by atoms with E-state index in [9.17, 15) is 13.2 Å². The fourth-order valence-electron chi connectivity index (χ4n) is 3.11. The number of hydrogen-bond donors (Lipinski definition) is 1. The van der Waals surface area contributed by atoms with Crippen LogP contribution in [0, 0.1) is 0 Å². The molecule has 1 N–H and O–H groups in total. The maximum absolute atomic E-state index is 12.7. The molecular weight excluding hydrogens is 396 g/mol. The second-order valence-electron chi connectivity index (χ2n) is 6.61. The number of halogens is 1. The summed E-state index contributed by atoms with van der Waals surface area (Å²) in [6, 6.07) is 19.4. The number of nitrogens with one attached hydrogen (secondary N) is 1. The van der Waals surface area contributed by atoms with Crippen LogP contribution in [0.2, 0.25) is 5.02 Å². The molecule has 3 aromatic carbocycles. The number of fused-ring (bicyclic) bond motifs is 1. The van der Waals surface area contributed by atoms with E-state index in [2.05, 4.69) is 5.32 Å². The summed E-state index contributed by atoms with van der Waals surface area (Å²) in [7, 11) is -3.68. The summed E-state index contributed by atoms with van der Waals surface area (Å²) in [6.07, 6.45) is 1.07. The van der Waals surface area contributed by atoms with Crippen LogP contribution in [-0.2, 0) is 21.4 Å². The number of sulfonamides is 1. The Labute approximate surface area is 170 Å². The minimum absolute atomic E-state index is 0.307. The van der Waals surface area contributed by atoms with Crippen LogP contribution in [0.1, 0.15) is 12.5 Å². The Morgan fingerprint density at radius 1 is 1.04 bits per heavy atom. The third kappa shape index (κ3) is 4.64. The Bertz CT molecular complexity index is 1120. The van der Waals surface area contributed by atoms with Crippen molar-refractivity contribution in [2.75, 3.05) is 10.6 Å². The molecule has 0 fully saturated rings. The Balaban J connectivity index is 1.77. The van der Waals surface area contributed by atoms with Gasteiger partial charge in [-0.15, -0.1) is 0 Å². The molecule has 0 spiro atoms. The highest BCUT2D eigenvalue weighted by Crippen LogP contribution is 2.24. The molecule has 0 aliphatic rings. The number of nitrogens with zero attached hydrogens (tertiary/aromatic N) is 1. The molecule has 0 aliphatic carbocycles. The fraction of sp³-hybridized carbons (Fsp3) is 0.190. The SMILES string of the molecule is C[C@H](C(=O)NCc1ccc2ccccc2c1)N(c1cccc(Cl)c1)S(C)(=O)=O. The third-order valence-corrected chi connectivity index (χ3v) is 5.91. The van der Waals surface area contributed by atoms with Crippen LogP contribution in [0.25, 0.3) is 10.8 Å². The van der Waals surface area contributed by atoms with Crippen molar-refractivity contribution in [2.45, 2.75) is 19.5 Å². The van der Waals surface area contributed by atoms with Crippen LogP contribution in [0.3, 0.4) is 0 Å². The molecule has 1 atom stereocenters. The van der Waals surface area contributed by atoms with E-state index in [4.69, 9.17) is 11.6 Å². The molecule has 0 aliphatic heterocycles. The zero-order valence-electron chi connectivity index (χ0n) is 15.6. The normalized spacial score (nSPS) is 12.5. The second kappa shape index (κ2) is 8.20. The third-order valence-electron chi connectivity index (χ3n) is 4.43. The van der Waals surface area contributed by atoms with E-state index in [1.54, 1.807) is 25.1 Å². The predicted molar refractivity (Wildman–Crippen MR) is 114 cm³/mol. The molecule has 146 valence electrons. The summed E-state index contributed by atoms with van der Waals surface area (Å²) in [6.45, 7) is 1.86. The molecular formula is C21H21ClN2O3S. The maximum atomic E-state index is 12.7.